The van der Waals surface area contributed by atoms with Crippen LogP contribution in [0.5, 0.6) is 0 Å². The Morgan fingerprint density at radius 1 is 1.35 bits per heavy atom. The summed E-state index contributed by atoms with van der Waals surface area (Å²) >= 11 is 0. The van der Waals surface area contributed by atoms with Crippen LogP contribution in [0.15, 0.2) is 22.8 Å². The summed E-state index contributed by atoms with van der Waals surface area (Å²) in [6.07, 6.45) is 1.98. The smallest absolute Gasteiger partial charge is 0.227 e. The van der Waals surface area contributed by atoms with E-state index in [1.54, 1.807) is 11.2 Å². The normalized spacial score (nSPS) is 11.0. The van der Waals surface area contributed by atoms with Crippen LogP contribution in [0.25, 0.3) is 11.0 Å². The second kappa shape index (κ2) is 6.09. The second-order valence-corrected chi connectivity index (χ2v) is 5.09. The van der Waals surface area contributed by atoms with Crippen molar-refractivity contribution in [2.45, 2.75) is 27.2 Å². The van der Waals surface area contributed by atoms with Crippen molar-refractivity contribution in [2.24, 2.45) is 0 Å². The Labute approximate surface area is 119 Å². The van der Waals surface area contributed by atoms with Crippen LogP contribution < -0.4 is 0 Å². The molecule has 1 aromatic heterocycles. The Morgan fingerprint density at radius 2 is 2.10 bits per heavy atom. The van der Waals surface area contributed by atoms with Crippen LogP contribution in [0.3, 0.4) is 0 Å². The number of amides is 1. The van der Waals surface area contributed by atoms with Crippen molar-refractivity contribution >= 4 is 16.9 Å². The fourth-order valence-corrected chi connectivity index (χ4v) is 2.61. The SMILES string of the molecule is CCN(CCO)C(=O)Cc1coc2cc(C)cc(C)c12. The molecule has 1 N–H and O–H groups in total. The van der Waals surface area contributed by atoms with Gasteiger partial charge >= 0.3 is 0 Å². The molecule has 0 aliphatic rings. The van der Waals surface area contributed by atoms with Crippen molar-refractivity contribution in [3.63, 3.8) is 0 Å². The molecule has 4 nitrogen and oxygen atoms in total. The van der Waals surface area contributed by atoms with E-state index in [0.717, 1.165) is 27.7 Å². The van der Waals surface area contributed by atoms with E-state index in [9.17, 15) is 4.79 Å². The third-order valence-electron chi connectivity index (χ3n) is 3.54. The van der Waals surface area contributed by atoms with Crippen LogP contribution in [0.4, 0.5) is 0 Å². The van der Waals surface area contributed by atoms with Crippen molar-refractivity contribution < 1.29 is 14.3 Å². The standard InChI is InChI=1S/C16H21NO3/c1-4-17(5-6-18)15(19)9-13-10-20-14-8-11(2)7-12(3)16(13)14/h7-8,10,18H,4-6,9H2,1-3H3. The van der Waals surface area contributed by atoms with Crippen LogP contribution in [0.1, 0.15) is 23.6 Å². The molecule has 0 saturated carbocycles. The highest BCUT2D eigenvalue weighted by Crippen LogP contribution is 2.26. The minimum absolute atomic E-state index is 0.00998. The molecule has 20 heavy (non-hydrogen) atoms. The summed E-state index contributed by atoms with van der Waals surface area (Å²) in [5, 5.41) is 10.0. The number of nitrogens with zero attached hydrogens (tertiary/aromatic N) is 1. The Hall–Kier alpha value is -1.81. The lowest BCUT2D eigenvalue weighted by Crippen LogP contribution is -2.34. The Bertz CT molecular complexity index is 615. The van der Waals surface area contributed by atoms with E-state index in [0.29, 0.717) is 19.5 Å². The zero-order chi connectivity index (χ0) is 14.7. The fourth-order valence-electron chi connectivity index (χ4n) is 2.61. The Morgan fingerprint density at radius 3 is 2.75 bits per heavy atom. The average molecular weight is 275 g/mol. The zero-order valence-corrected chi connectivity index (χ0v) is 12.3. The third-order valence-corrected chi connectivity index (χ3v) is 3.54. The largest absolute Gasteiger partial charge is 0.464 e. The number of fused-ring (bicyclic) bond motifs is 1. The van der Waals surface area contributed by atoms with Gasteiger partial charge in [0.25, 0.3) is 0 Å². The first-order valence-electron chi connectivity index (χ1n) is 6.92. The summed E-state index contributed by atoms with van der Waals surface area (Å²) in [4.78, 5) is 13.9. The number of carbonyl (C=O) groups excluding carboxylic acids is 1. The van der Waals surface area contributed by atoms with E-state index in [2.05, 4.69) is 6.07 Å². The maximum absolute atomic E-state index is 12.2. The van der Waals surface area contributed by atoms with Gasteiger partial charge in [0.15, 0.2) is 0 Å². The number of likely N-dealkylation sites (N-methyl/N-ethyl adjacent to an activating group) is 1. The van der Waals surface area contributed by atoms with Gasteiger partial charge in [-0.05, 0) is 38.0 Å². The number of furan rings is 1. The lowest BCUT2D eigenvalue weighted by Gasteiger charge is -2.19. The summed E-state index contributed by atoms with van der Waals surface area (Å²) in [7, 11) is 0. The molecule has 108 valence electrons. The number of carbonyl (C=O) groups is 1. The number of aliphatic hydroxyl groups is 1. The monoisotopic (exact) mass is 275 g/mol. The van der Waals surface area contributed by atoms with E-state index >= 15 is 0 Å². The quantitative estimate of drug-likeness (QED) is 0.911. The van der Waals surface area contributed by atoms with Crippen LogP contribution in [-0.2, 0) is 11.2 Å². The van der Waals surface area contributed by atoms with Gasteiger partial charge in [-0.3, -0.25) is 4.79 Å². The number of hydrogen-bond donors (Lipinski definition) is 1. The highest BCUT2D eigenvalue weighted by Gasteiger charge is 2.16. The molecule has 0 aliphatic carbocycles. The van der Waals surface area contributed by atoms with E-state index in [1.165, 1.54) is 0 Å². The number of benzene rings is 1. The van der Waals surface area contributed by atoms with Gasteiger partial charge < -0.3 is 14.4 Å². The van der Waals surface area contributed by atoms with Gasteiger partial charge in [-0.25, -0.2) is 0 Å². The number of hydrogen-bond acceptors (Lipinski definition) is 3. The maximum atomic E-state index is 12.2. The lowest BCUT2D eigenvalue weighted by molar-refractivity contribution is -0.130. The van der Waals surface area contributed by atoms with E-state index < -0.39 is 0 Å². The maximum Gasteiger partial charge on any atom is 0.227 e. The van der Waals surface area contributed by atoms with Crippen LogP contribution in [0.2, 0.25) is 0 Å². The summed E-state index contributed by atoms with van der Waals surface area (Å²) < 4.78 is 5.56. The van der Waals surface area contributed by atoms with Crippen LogP contribution in [-0.4, -0.2) is 35.6 Å². The van der Waals surface area contributed by atoms with Crippen molar-refractivity contribution in [1.82, 2.24) is 4.90 Å². The molecule has 1 aromatic carbocycles. The third kappa shape index (κ3) is 2.85. The van der Waals surface area contributed by atoms with Gasteiger partial charge in [-0.1, -0.05) is 6.07 Å². The zero-order valence-electron chi connectivity index (χ0n) is 12.3. The second-order valence-electron chi connectivity index (χ2n) is 5.09. The van der Waals surface area contributed by atoms with E-state index in [1.807, 2.05) is 26.8 Å². The molecule has 4 heteroatoms. The molecule has 0 atom stereocenters. The molecule has 0 radical (unpaired) electrons. The van der Waals surface area contributed by atoms with E-state index in [4.69, 9.17) is 9.52 Å². The molecule has 0 aliphatic heterocycles. The number of aryl methyl sites for hydroxylation is 2. The predicted molar refractivity (Wildman–Crippen MR) is 78.7 cm³/mol. The first-order chi connectivity index (χ1) is 9.56. The first-order valence-corrected chi connectivity index (χ1v) is 6.92. The molecule has 0 spiro atoms. The van der Waals surface area contributed by atoms with Crippen LogP contribution >= 0.6 is 0 Å². The van der Waals surface area contributed by atoms with Gasteiger partial charge in [0.05, 0.1) is 19.3 Å². The molecule has 2 aromatic rings. The predicted octanol–water partition coefficient (Wildman–Crippen LogP) is 2.43. The average Bonchev–Trinajstić information content (AvgIpc) is 2.78. The van der Waals surface area contributed by atoms with Crippen molar-refractivity contribution in [1.29, 1.82) is 0 Å². The summed E-state index contributed by atoms with van der Waals surface area (Å²) in [5.74, 6) is 0.0178. The lowest BCUT2D eigenvalue weighted by atomic mass is 10.0. The molecule has 0 saturated heterocycles. The van der Waals surface area contributed by atoms with Gasteiger partial charge in [0, 0.05) is 24.0 Å². The van der Waals surface area contributed by atoms with Crippen molar-refractivity contribution in [2.75, 3.05) is 19.7 Å². The molecule has 1 heterocycles. The van der Waals surface area contributed by atoms with Gasteiger partial charge in [-0.2, -0.15) is 0 Å². The topological polar surface area (TPSA) is 53.7 Å². The van der Waals surface area contributed by atoms with Gasteiger partial charge in [-0.15, -0.1) is 0 Å². The first kappa shape index (κ1) is 14.6. The van der Waals surface area contributed by atoms with Crippen LogP contribution in [0, 0.1) is 13.8 Å². The highest BCUT2D eigenvalue weighted by molar-refractivity contribution is 5.90. The highest BCUT2D eigenvalue weighted by atomic mass is 16.3. The van der Waals surface area contributed by atoms with Gasteiger partial charge in [0.2, 0.25) is 5.91 Å². The summed E-state index contributed by atoms with van der Waals surface area (Å²) in [5.41, 5.74) is 4.02. The molecule has 2 rings (SSSR count). The molecule has 0 unspecified atom stereocenters. The molecular formula is C16H21NO3. The molecule has 0 fully saturated rings. The molecule has 1 amide bonds. The van der Waals surface area contributed by atoms with Crippen molar-refractivity contribution in [3.05, 3.63) is 35.1 Å². The Balaban J connectivity index is 2.28. The minimum atomic E-state index is -0.00998. The van der Waals surface area contributed by atoms with Gasteiger partial charge in [0.1, 0.15) is 5.58 Å². The number of aliphatic hydroxyl groups excluding tert-OH is 1. The molecular weight excluding hydrogens is 254 g/mol. The number of rotatable bonds is 5. The van der Waals surface area contributed by atoms with Crippen molar-refractivity contribution in [3.8, 4) is 0 Å². The Kier molecular flexibility index (Phi) is 4.45. The summed E-state index contributed by atoms with van der Waals surface area (Å²) in [6.45, 7) is 6.94. The minimum Gasteiger partial charge on any atom is -0.464 e. The summed E-state index contributed by atoms with van der Waals surface area (Å²) in [6, 6.07) is 4.08. The van der Waals surface area contributed by atoms with E-state index in [-0.39, 0.29) is 12.5 Å². The fraction of sp³-hybridized carbons (Fsp3) is 0.438. The molecule has 0 bridgehead atoms.